The molecule has 4 nitrogen and oxygen atoms in total. The second-order valence-corrected chi connectivity index (χ2v) is 5.10. The molecule has 2 amide bonds. The molecule has 2 unspecified atom stereocenters. The van der Waals surface area contributed by atoms with Crippen molar-refractivity contribution >= 4 is 11.8 Å². The smallest absolute Gasteiger partial charge is 0.242 e. The molecule has 0 aliphatic carbocycles. The molecule has 0 bridgehead atoms. The summed E-state index contributed by atoms with van der Waals surface area (Å²) in [5, 5.41) is 5.76. The van der Waals surface area contributed by atoms with Gasteiger partial charge in [-0.15, -0.1) is 0 Å². The zero-order valence-corrected chi connectivity index (χ0v) is 11.6. The number of carbonyl (C=O) groups excluding carboxylic acids is 2. The molecule has 2 N–H and O–H groups in total. The van der Waals surface area contributed by atoms with E-state index < -0.39 is 0 Å². The van der Waals surface area contributed by atoms with E-state index in [4.69, 9.17) is 0 Å². The Balaban J connectivity index is 2.47. The molecule has 2 atom stereocenters. The molecule has 0 aromatic heterocycles. The van der Waals surface area contributed by atoms with Gasteiger partial charge >= 0.3 is 0 Å². The number of hydrogen-bond acceptors (Lipinski definition) is 2. The summed E-state index contributed by atoms with van der Waals surface area (Å²) in [6.45, 7) is 4.90. The van der Waals surface area contributed by atoms with Gasteiger partial charge in [-0.1, -0.05) is 26.7 Å². The minimum absolute atomic E-state index is 0.0220. The van der Waals surface area contributed by atoms with E-state index in [0.29, 0.717) is 0 Å². The fraction of sp³-hybridized carbons (Fsp3) is 0.857. The first-order chi connectivity index (χ1) is 8.69. The third-order valence-electron chi connectivity index (χ3n) is 3.62. The second kappa shape index (κ2) is 8.11. The third kappa shape index (κ3) is 4.67. The van der Waals surface area contributed by atoms with Crippen LogP contribution in [0.4, 0.5) is 0 Å². The highest BCUT2D eigenvalue weighted by Gasteiger charge is 2.25. The van der Waals surface area contributed by atoms with E-state index in [-0.39, 0.29) is 23.8 Å². The molecule has 1 rings (SSSR count). The van der Waals surface area contributed by atoms with Crippen LogP contribution in [0.2, 0.25) is 0 Å². The Morgan fingerprint density at radius 1 is 1.44 bits per heavy atom. The lowest BCUT2D eigenvalue weighted by Crippen LogP contribution is -2.47. The Labute approximate surface area is 110 Å². The summed E-state index contributed by atoms with van der Waals surface area (Å²) >= 11 is 0. The molecular weight excluding hydrogens is 228 g/mol. The van der Waals surface area contributed by atoms with Crippen molar-refractivity contribution < 1.29 is 9.59 Å². The fourth-order valence-electron chi connectivity index (χ4n) is 2.34. The van der Waals surface area contributed by atoms with Crippen molar-refractivity contribution in [2.24, 2.45) is 5.92 Å². The van der Waals surface area contributed by atoms with Crippen molar-refractivity contribution in [3.05, 3.63) is 0 Å². The van der Waals surface area contributed by atoms with Gasteiger partial charge < -0.3 is 10.6 Å². The Morgan fingerprint density at radius 2 is 2.22 bits per heavy atom. The third-order valence-corrected chi connectivity index (χ3v) is 3.62. The van der Waals surface area contributed by atoms with Gasteiger partial charge in [-0.2, -0.15) is 0 Å². The molecule has 1 aliphatic heterocycles. The Morgan fingerprint density at radius 3 is 2.89 bits per heavy atom. The van der Waals surface area contributed by atoms with E-state index in [1.807, 2.05) is 6.92 Å². The van der Waals surface area contributed by atoms with Crippen molar-refractivity contribution in [3.63, 3.8) is 0 Å². The number of hydrogen-bond donors (Lipinski definition) is 2. The number of rotatable bonds is 6. The Hall–Kier alpha value is -1.06. The van der Waals surface area contributed by atoms with Crippen LogP contribution in [0.15, 0.2) is 0 Å². The molecule has 1 fully saturated rings. The summed E-state index contributed by atoms with van der Waals surface area (Å²) in [7, 11) is 0. The van der Waals surface area contributed by atoms with Crippen LogP contribution in [0.25, 0.3) is 0 Å². The van der Waals surface area contributed by atoms with Gasteiger partial charge in [-0.3, -0.25) is 9.59 Å². The van der Waals surface area contributed by atoms with Crippen LogP contribution in [0.1, 0.15) is 58.8 Å². The van der Waals surface area contributed by atoms with Gasteiger partial charge in [0.1, 0.15) is 6.04 Å². The van der Waals surface area contributed by atoms with E-state index in [9.17, 15) is 9.59 Å². The van der Waals surface area contributed by atoms with E-state index in [0.717, 1.165) is 51.5 Å². The van der Waals surface area contributed by atoms with Gasteiger partial charge in [0.2, 0.25) is 11.8 Å². The summed E-state index contributed by atoms with van der Waals surface area (Å²) in [6.07, 6.45) is 6.71. The van der Waals surface area contributed by atoms with Crippen molar-refractivity contribution in [3.8, 4) is 0 Å². The van der Waals surface area contributed by atoms with Crippen LogP contribution < -0.4 is 10.6 Å². The normalized spacial score (nSPS) is 21.9. The minimum atomic E-state index is -0.323. The zero-order valence-electron chi connectivity index (χ0n) is 11.6. The number of amides is 2. The van der Waals surface area contributed by atoms with Gasteiger partial charge in [-0.05, 0) is 32.1 Å². The minimum Gasteiger partial charge on any atom is -0.354 e. The average Bonchev–Trinajstić information content (AvgIpc) is 2.56. The highest BCUT2D eigenvalue weighted by Crippen LogP contribution is 2.14. The number of nitrogens with one attached hydrogen (secondary N) is 2. The molecule has 4 heteroatoms. The summed E-state index contributed by atoms with van der Waals surface area (Å²) in [5.41, 5.74) is 0. The molecule has 0 spiro atoms. The van der Waals surface area contributed by atoms with Crippen LogP contribution in [0.3, 0.4) is 0 Å². The molecule has 0 aromatic rings. The maximum atomic E-state index is 12.1. The predicted octanol–water partition coefficient (Wildman–Crippen LogP) is 1.99. The predicted molar refractivity (Wildman–Crippen MR) is 72.1 cm³/mol. The van der Waals surface area contributed by atoms with Crippen LogP contribution in [-0.4, -0.2) is 24.4 Å². The summed E-state index contributed by atoms with van der Waals surface area (Å²) < 4.78 is 0. The molecule has 18 heavy (non-hydrogen) atoms. The fourth-order valence-corrected chi connectivity index (χ4v) is 2.34. The molecule has 0 saturated carbocycles. The highest BCUT2D eigenvalue weighted by molar-refractivity contribution is 5.88. The number of carbonyl (C=O) groups is 2. The second-order valence-electron chi connectivity index (χ2n) is 5.10. The average molecular weight is 254 g/mol. The summed E-state index contributed by atoms with van der Waals surface area (Å²) in [5.74, 6) is 0.0835. The molecule has 1 heterocycles. The van der Waals surface area contributed by atoms with Gasteiger partial charge in [0.25, 0.3) is 0 Å². The van der Waals surface area contributed by atoms with E-state index in [2.05, 4.69) is 17.6 Å². The van der Waals surface area contributed by atoms with Crippen molar-refractivity contribution in [1.29, 1.82) is 0 Å². The zero-order chi connectivity index (χ0) is 13.4. The Bertz CT molecular complexity index is 279. The standard InChI is InChI=1S/C14H26N2O2/c1-3-5-8-11(4-2)13(17)16-12-9-6-7-10-15-14(12)18/h11-12H,3-10H2,1-2H3,(H,15,18)(H,16,17). The maximum Gasteiger partial charge on any atom is 0.242 e. The van der Waals surface area contributed by atoms with Crippen LogP contribution in [0, 0.1) is 5.92 Å². The first-order valence-corrected chi connectivity index (χ1v) is 7.27. The monoisotopic (exact) mass is 254 g/mol. The van der Waals surface area contributed by atoms with Gasteiger partial charge in [0.05, 0.1) is 0 Å². The molecule has 1 aliphatic rings. The van der Waals surface area contributed by atoms with E-state index in [1.54, 1.807) is 0 Å². The Kier molecular flexibility index (Phi) is 6.76. The van der Waals surface area contributed by atoms with Gasteiger partial charge in [-0.25, -0.2) is 0 Å². The van der Waals surface area contributed by atoms with Gasteiger partial charge in [0.15, 0.2) is 0 Å². The largest absolute Gasteiger partial charge is 0.354 e. The molecule has 1 saturated heterocycles. The topological polar surface area (TPSA) is 58.2 Å². The van der Waals surface area contributed by atoms with E-state index in [1.165, 1.54) is 0 Å². The first-order valence-electron chi connectivity index (χ1n) is 7.27. The van der Waals surface area contributed by atoms with Gasteiger partial charge in [0, 0.05) is 12.5 Å². The molecule has 0 aromatic carbocycles. The van der Waals surface area contributed by atoms with Crippen LogP contribution in [0.5, 0.6) is 0 Å². The summed E-state index contributed by atoms with van der Waals surface area (Å²) in [6, 6.07) is -0.323. The van der Waals surface area contributed by atoms with Crippen LogP contribution in [-0.2, 0) is 9.59 Å². The lowest BCUT2D eigenvalue weighted by Gasteiger charge is -2.20. The lowest BCUT2D eigenvalue weighted by molar-refractivity contribution is -0.131. The van der Waals surface area contributed by atoms with Crippen LogP contribution >= 0.6 is 0 Å². The number of unbranched alkanes of at least 4 members (excludes halogenated alkanes) is 1. The lowest BCUT2D eigenvalue weighted by atomic mass is 9.97. The van der Waals surface area contributed by atoms with E-state index >= 15 is 0 Å². The highest BCUT2D eigenvalue weighted by atomic mass is 16.2. The molecular formula is C14H26N2O2. The van der Waals surface area contributed by atoms with Crippen molar-refractivity contribution in [1.82, 2.24) is 10.6 Å². The SMILES string of the molecule is CCCCC(CC)C(=O)NC1CCCCNC1=O. The quantitative estimate of drug-likeness (QED) is 0.761. The molecule has 0 radical (unpaired) electrons. The van der Waals surface area contributed by atoms with Crippen molar-refractivity contribution in [2.75, 3.05) is 6.54 Å². The summed E-state index contributed by atoms with van der Waals surface area (Å²) in [4.78, 5) is 23.9. The first kappa shape index (κ1) is 15.0. The van der Waals surface area contributed by atoms with Crippen molar-refractivity contribution in [2.45, 2.75) is 64.8 Å². The molecule has 104 valence electrons. The maximum absolute atomic E-state index is 12.1.